The second kappa shape index (κ2) is 6.42. The summed E-state index contributed by atoms with van der Waals surface area (Å²) >= 11 is 0. The molecule has 0 saturated carbocycles. The number of nitrogens with two attached hydrogens (primary N) is 1. The Kier molecular flexibility index (Phi) is 5.32. The highest BCUT2D eigenvalue weighted by Gasteiger charge is 2.23. The summed E-state index contributed by atoms with van der Waals surface area (Å²) in [6, 6.07) is 5.12. The van der Waals surface area contributed by atoms with Crippen LogP contribution in [-0.4, -0.2) is 32.7 Å². The molecular formula is C13H22N4O3S. The molecule has 0 aliphatic heterocycles. The van der Waals surface area contributed by atoms with Gasteiger partial charge in [0.05, 0.1) is 6.26 Å². The standard InChI is InChI=1S/C13H22N4O3S/c1-9-7-10(16-14)5-6-11(9)12(18)15-8-13(2,3)17-21(4,19)20/h5-7,16-17H,8,14H2,1-4H3,(H,15,18). The predicted molar refractivity (Wildman–Crippen MR) is 83.4 cm³/mol. The fraction of sp³-hybridized carbons (Fsp3) is 0.462. The van der Waals surface area contributed by atoms with Crippen molar-refractivity contribution < 1.29 is 13.2 Å². The minimum absolute atomic E-state index is 0.176. The third-order valence-electron chi connectivity index (χ3n) is 2.79. The van der Waals surface area contributed by atoms with E-state index < -0.39 is 15.6 Å². The molecule has 0 radical (unpaired) electrons. The lowest BCUT2D eigenvalue weighted by Crippen LogP contribution is -2.51. The van der Waals surface area contributed by atoms with Gasteiger partial charge in [-0.15, -0.1) is 0 Å². The van der Waals surface area contributed by atoms with Crippen molar-refractivity contribution in [1.29, 1.82) is 0 Å². The molecule has 118 valence electrons. The maximum Gasteiger partial charge on any atom is 0.251 e. The number of hydrazine groups is 1. The average Bonchev–Trinajstić information content (AvgIpc) is 2.33. The Bertz CT molecular complexity index is 626. The highest BCUT2D eigenvalue weighted by atomic mass is 32.2. The van der Waals surface area contributed by atoms with Crippen LogP contribution in [0.25, 0.3) is 0 Å². The molecule has 0 heterocycles. The number of carbonyl (C=O) groups excluding carboxylic acids is 1. The SMILES string of the molecule is Cc1cc(NN)ccc1C(=O)NCC(C)(C)NS(C)(=O)=O. The molecule has 21 heavy (non-hydrogen) atoms. The number of carbonyl (C=O) groups is 1. The summed E-state index contributed by atoms with van der Waals surface area (Å²) in [6.45, 7) is 5.37. The number of sulfonamides is 1. The Morgan fingerprint density at radius 3 is 2.43 bits per heavy atom. The summed E-state index contributed by atoms with van der Waals surface area (Å²) in [6.07, 6.45) is 1.08. The number of aryl methyl sites for hydroxylation is 1. The molecule has 1 amide bonds. The van der Waals surface area contributed by atoms with Crippen molar-refractivity contribution in [2.24, 2.45) is 5.84 Å². The Balaban J connectivity index is 2.74. The van der Waals surface area contributed by atoms with Gasteiger partial charge in [0.1, 0.15) is 0 Å². The Morgan fingerprint density at radius 2 is 1.95 bits per heavy atom. The number of benzene rings is 1. The molecule has 0 aromatic heterocycles. The molecule has 1 rings (SSSR count). The normalized spacial score (nSPS) is 12.0. The number of anilines is 1. The number of hydrogen-bond donors (Lipinski definition) is 4. The van der Waals surface area contributed by atoms with Crippen LogP contribution in [0, 0.1) is 6.92 Å². The molecule has 0 fully saturated rings. The van der Waals surface area contributed by atoms with Crippen LogP contribution in [0.5, 0.6) is 0 Å². The highest BCUT2D eigenvalue weighted by Crippen LogP contribution is 2.14. The van der Waals surface area contributed by atoms with Crippen LogP contribution in [0.15, 0.2) is 18.2 Å². The van der Waals surface area contributed by atoms with Crippen LogP contribution in [0.2, 0.25) is 0 Å². The van der Waals surface area contributed by atoms with Gasteiger partial charge in [-0.2, -0.15) is 0 Å². The number of nitrogens with one attached hydrogen (secondary N) is 3. The van der Waals surface area contributed by atoms with E-state index in [4.69, 9.17) is 5.84 Å². The van der Waals surface area contributed by atoms with E-state index in [-0.39, 0.29) is 12.5 Å². The molecule has 0 aliphatic carbocycles. The predicted octanol–water partition coefficient (Wildman–Crippen LogP) is 0.338. The molecule has 7 nitrogen and oxygen atoms in total. The average molecular weight is 314 g/mol. The van der Waals surface area contributed by atoms with Crippen LogP contribution in [0.1, 0.15) is 29.8 Å². The Labute approximate surface area is 125 Å². The molecular weight excluding hydrogens is 292 g/mol. The van der Waals surface area contributed by atoms with Crippen LogP contribution < -0.4 is 21.3 Å². The first kappa shape index (κ1) is 17.4. The van der Waals surface area contributed by atoms with Crippen molar-refractivity contribution in [3.8, 4) is 0 Å². The van der Waals surface area contributed by atoms with E-state index in [0.29, 0.717) is 11.3 Å². The zero-order valence-corrected chi connectivity index (χ0v) is 13.5. The zero-order chi connectivity index (χ0) is 16.3. The minimum Gasteiger partial charge on any atom is -0.350 e. The molecule has 0 unspecified atom stereocenters. The zero-order valence-electron chi connectivity index (χ0n) is 12.6. The van der Waals surface area contributed by atoms with Crippen molar-refractivity contribution in [1.82, 2.24) is 10.0 Å². The van der Waals surface area contributed by atoms with Crippen molar-refractivity contribution in [3.05, 3.63) is 29.3 Å². The second-order valence-electron chi connectivity index (χ2n) is 5.61. The van der Waals surface area contributed by atoms with E-state index in [9.17, 15) is 13.2 Å². The van der Waals surface area contributed by atoms with Gasteiger partial charge in [-0.3, -0.25) is 10.6 Å². The first-order valence-electron chi connectivity index (χ1n) is 6.38. The summed E-state index contributed by atoms with van der Waals surface area (Å²) in [4.78, 5) is 12.1. The molecule has 5 N–H and O–H groups in total. The number of rotatable bonds is 6. The van der Waals surface area contributed by atoms with Gasteiger partial charge in [0, 0.05) is 23.3 Å². The lowest BCUT2D eigenvalue weighted by molar-refractivity contribution is 0.0944. The lowest BCUT2D eigenvalue weighted by atomic mass is 10.1. The first-order valence-corrected chi connectivity index (χ1v) is 8.28. The number of hydrogen-bond acceptors (Lipinski definition) is 5. The third kappa shape index (κ3) is 5.70. The van der Waals surface area contributed by atoms with E-state index in [2.05, 4.69) is 15.5 Å². The molecule has 0 spiro atoms. The fourth-order valence-corrected chi connectivity index (χ4v) is 3.02. The first-order chi connectivity index (χ1) is 9.54. The molecule has 0 atom stereocenters. The monoisotopic (exact) mass is 314 g/mol. The largest absolute Gasteiger partial charge is 0.350 e. The van der Waals surface area contributed by atoms with Gasteiger partial charge in [-0.1, -0.05) is 0 Å². The van der Waals surface area contributed by atoms with Crippen molar-refractivity contribution in [2.45, 2.75) is 26.3 Å². The van der Waals surface area contributed by atoms with E-state index in [0.717, 1.165) is 11.8 Å². The Morgan fingerprint density at radius 1 is 1.33 bits per heavy atom. The minimum atomic E-state index is -3.33. The highest BCUT2D eigenvalue weighted by molar-refractivity contribution is 7.88. The molecule has 1 aromatic rings. The quantitative estimate of drug-likeness (QED) is 0.447. The number of amides is 1. The maximum atomic E-state index is 12.1. The van der Waals surface area contributed by atoms with Gasteiger partial charge in [-0.05, 0) is 44.5 Å². The van der Waals surface area contributed by atoms with Crippen LogP contribution in [-0.2, 0) is 10.0 Å². The summed E-state index contributed by atoms with van der Waals surface area (Å²) in [7, 11) is -3.33. The molecule has 0 aliphatic rings. The Hall–Kier alpha value is -1.64. The third-order valence-corrected chi connectivity index (χ3v) is 3.71. The lowest BCUT2D eigenvalue weighted by Gasteiger charge is -2.25. The number of nitrogen functional groups attached to an aromatic ring is 1. The smallest absolute Gasteiger partial charge is 0.251 e. The maximum absolute atomic E-state index is 12.1. The van der Waals surface area contributed by atoms with Crippen LogP contribution in [0.3, 0.4) is 0 Å². The topological polar surface area (TPSA) is 113 Å². The van der Waals surface area contributed by atoms with Gasteiger partial charge in [0.15, 0.2) is 0 Å². The van der Waals surface area contributed by atoms with Crippen molar-refractivity contribution in [3.63, 3.8) is 0 Å². The molecule has 0 saturated heterocycles. The summed E-state index contributed by atoms with van der Waals surface area (Å²) in [5.41, 5.74) is 3.74. The van der Waals surface area contributed by atoms with Gasteiger partial charge < -0.3 is 10.7 Å². The summed E-state index contributed by atoms with van der Waals surface area (Å²) in [5, 5.41) is 2.72. The van der Waals surface area contributed by atoms with E-state index in [1.807, 2.05) is 0 Å². The van der Waals surface area contributed by atoms with E-state index in [1.165, 1.54) is 0 Å². The van der Waals surface area contributed by atoms with Gasteiger partial charge in [0.25, 0.3) is 5.91 Å². The van der Waals surface area contributed by atoms with Gasteiger partial charge in [-0.25, -0.2) is 13.1 Å². The van der Waals surface area contributed by atoms with Crippen molar-refractivity contribution in [2.75, 3.05) is 18.2 Å². The van der Waals surface area contributed by atoms with E-state index in [1.54, 1.807) is 39.0 Å². The van der Waals surface area contributed by atoms with E-state index >= 15 is 0 Å². The summed E-state index contributed by atoms with van der Waals surface area (Å²) < 4.78 is 25.0. The summed E-state index contributed by atoms with van der Waals surface area (Å²) in [5.74, 6) is 5.04. The molecule has 1 aromatic carbocycles. The van der Waals surface area contributed by atoms with Gasteiger partial charge >= 0.3 is 0 Å². The van der Waals surface area contributed by atoms with Crippen LogP contribution >= 0.6 is 0 Å². The second-order valence-corrected chi connectivity index (χ2v) is 7.36. The van der Waals surface area contributed by atoms with Crippen LogP contribution in [0.4, 0.5) is 5.69 Å². The molecule has 0 bridgehead atoms. The fourth-order valence-electron chi connectivity index (χ4n) is 1.94. The molecule has 8 heteroatoms. The van der Waals surface area contributed by atoms with Gasteiger partial charge in [0.2, 0.25) is 10.0 Å². The van der Waals surface area contributed by atoms with Crippen molar-refractivity contribution >= 4 is 21.6 Å².